The summed E-state index contributed by atoms with van der Waals surface area (Å²) in [6.45, 7) is 2.89. The Morgan fingerprint density at radius 2 is 1.92 bits per heavy atom. The average molecular weight is 419 g/mol. The first-order valence-electron chi connectivity index (χ1n) is 7.94. The number of aromatic nitrogens is 4. The third kappa shape index (κ3) is 2.65. The molecule has 8 heteroatoms. The highest BCUT2D eigenvalue weighted by molar-refractivity contribution is 9.10. The second kappa shape index (κ2) is 6.27. The summed E-state index contributed by atoms with van der Waals surface area (Å²) in [5.74, 6) is 0.403. The van der Waals surface area contributed by atoms with Crippen LogP contribution in [0.4, 0.5) is 0 Å². The third-order valence-corrected chi connectivity index (χ3v) is 5.50. The van der Waals surface area contributed by atoms with E-state index in [0.717, 1.165) is 16.5 Å². The fourth-order valence-electron chi connectivity index (χ4n) is 2.92. The highest BCUT2D eigenvalue weighted by Gasteiger charge is 2.17. The van der Waals surface area contributed by atoms with Gasteiger partial charge in [-0.15, -0.1) is 16.4 Å². The molecular weight excluding hydrogens is 404 g/mol. The molecule has 4 rings (SSSR count). The van der Waals surface area contributed by atoms with Crippen molar-refractivity contribution in [1.29, 1.82) is 0 Å². The molecule has 0 saturated heterocycles. The van der Waals surface area contributed by atoms with Gasteiger partial charge in [0.25, 0.3) is 5.56 Å². The lowest BCUT2D eigenvalue weighted by atomic mass is 10.2. The lowest BCUT2D eigenvalue weighted by molar-refractivity contribution is 0.640. The zero-order valence-electron chi connectivity index (χ0n) is 13.5. The minimum atomic E-state index is -0.230. The summed E-state index contributed by atoms with van der Waals surface area (Å²) in [5, 5.41) is 6.30. The van der Waals surface area contributed by atoms with Crippen molar-refractivity contribution < 1.29 is 0 Å². The Morgan fingerprint density at radius 3 is 2.64 bits per heavy atom. The minimum Gasteiger partial charge on any atom is -0.276 e. The van der Waals surface area contributed by atoms with E-state index >= 15 is 0 Å². The monoisotopic (exact) mass is 418 g/mol. The van der Waals surface area contributed by atoms with Gasteiger partial charge in [0, 0.05) is 11.0 Å². The molecule has 25 heavy (non-hydrogen) atoms. The zero-order chi connectivity index (χ0) is 17.6. The minimum absolute atomic E-state index is 0.0832. The molecule has 0 N–H and O–H groups in total. The highest BCUT2D eigenvalue weighted by atomic mass is 79.9. The van der Waals surface area contributed by atoms with E-state index in [2.05, 4.69) is 21.0 Å². The Kier molecular flexibility index (Phi) is 4.09. The van der Waals surface area contributed by atoms with Gasteiger partial charge in [-0.2, -0.15) is 0 Å². The van der Waals surface area contributed by atoms with E-state index in [0.29, 0.717) is 29.1 Å². The van der Waals surface area contributed by atoms with Crippen LogP contribution in [0.25, 0.3) is 16.0 Å². The summed E-state index contributed by atoms with van der Waals surface area (Å²) in [4.78, 5) is 25.6. The summed E-state index contributed by atoms with van der Waals surface area (Å²) in [6.07, 6.45) is 0.792. The van der Waals surface area contributed by atoms with Crippen molar-refractivity contribution in [2.75, 3.05) is 0 Å². The number of fused-ring (bicyclic) bond motifs is 3. The standard InChI is InChI=1S/C17H15BrN4O2S/c1-2-8-20-15(23)14-13(7-9-25-14)22-16(20)19-21(17(22)24)10-11-3-5-12(18)6-4-11/h3-7,9H,2,8,10H2,1H3. The number of benzene rings is 1. The Morgan fingerprint density at radius 1 is 1.16 bits per heavy atom. The second-order valence-corrected chi connectivity index (χ2v) is 7.63. The maximum atomic E-state index is 12.9. The van der Waals surface area contributed by atoms with E-state index < -0.39 is 0 Å². The van der Waals surface area contributed by atoms with Crippen LogP contribution < -0.4 is 11.2 Å². The SMILES string of the molecule is CCCn1c(=O)c2sccc2n2c(=O)n(Cc3ccc(Br)cc3)nc12. The molecule has 0 aliphatic heterocycles. The van der Waals surface area contributed by atoms with Gasteiger partial charge in [0.2, 0.25) is 5.78 Å². The van der Waals surface area contributed by atoms with Crippen molar-refractivity contribution in [2.24, 2.45) is 0 Å². The van der Waals surface area contributed by atoms with Gasteiger partial charge in [-0.05, 0) is 35.6 Å². The molecule has 6 nitrogen and oxygen atoms in total. The third-order valence-electron chi connectivity index (χ3n) is 4.08. The number of halogens is 1. The van der Waals surface area contributed by atoms with Crippen LogP contribution in [0.1, 0.15) is 18.9 Å². The topological polar surface area (TPSA) is 61.3 Å². The van der Waals surface area contributed by atoms with Crippen molar-refractivity contribution >= 4 is 43.3 Å². The fraction of sp³-hybridized carbons (Fsp3) is 0.235. The van der Waals surface area contributed by atoms with Gasteiger partial charge in [-0.25, -0.2) is 13.9 Å². The van der Waals surface area contributed by atoms with E-state index in [1.54, 1.807) is 15.0 Å². The van der Waals surface area contributed by atoms with Crippen LogP contribution in [0.15, 0.2) is 49.8 Å². The molecule has 0 unspecified atom stereocenters. The summed E-state index contributed by atoms with van der Waals surface area (Å²) in [7, 11) is 0. The lowest BCUT2D eigenvalue weighted by Crippen LogP contribution is -2.25. The van der Waals surface area contributed by atoms with Crippen LogP contribution in [-0.4, -0.2) is 18.7 Å². The molecule has 0 fully saturated rings. The van der Waals surface area contributed by atoms with Gasteiger partial charge in [-0.1, -0.05) is 35.0 Å². The van der Waals surface area contributed by atoms with Gasteiger partial charge in [0.05, 0.1) is 12.1 Å². The summed E-state index contributed by atoms with van der Waals surface area (Å²) in [5.41, 5.74) is 1.29. The maximum absolute atomic E-state index is 12.9. The van der Waals surface area contributed by atoms with Crippen molar-refractivity contribution in [2.45, 2.75) is 26.4 Å². The Balaban J connectivity index is 1.97. The summed E-state index contributed by atoms with van der Waals surface area (Å²) in [6, 6.07) is 9.55. The first-order chi connectivity index (χ1) is 12.1. The van der Waals surface area contributed by atoms with Crippen molar-refractivity contribution in [1.82, 2.24) is 18.7 Å². The van der Waals surface area contributed by atoms with E-state index in [1.807, 2.05) is 36.6 Å². The zero-order valence-corrected chi connectivity index (χ0v) is 15.9. The van der Waals surface area contributed by atoms with Gasteiger partial charge >= 0.3 is 5.69 Å². The number of thiophene rings is 1. The summed E-state index contributed by atoms with van der Waals surface area (Å²) < 4.78 is 6.13. The average Bonchev–Trinajstić information content (AvgIpc) is 3.19. The van der Waals surface area contributed by atoms with Crippen LogP contribution in [0.3, 0.4) is 0 Å². The number of aryl methyl sites for hydroxylation is 1. The van der Waals surface area contributed by atoms with E-state index in [4.69, 9.17) is 0 Å². The second-order valence-electron chi connectivity index (χ2n) is 5.79. The first kappa shape index (κ1) is 16.3. The highest BCUT2D eigenvalue weighted by Crippen LogP contribution is 2.17. The molecule has 128 valence electrons. The molecule has 0 bridgehead atoms. The molecule has 4 aromatic rings. The van der Waals surface area contributed by atoms with Crippen molar-refractivity contribution in [3.63, 3.8) is 0 Å². The summed E-state index contributed by atoms with van der Waals surface area (Å²) >= 11 is 4.76. The van der Waals surface area contributed by atoms with Crippen LogP contribution in [0, 0.1) is 0 Å². The van der Waals surface area contributed by atoms with Crippen molar-refractivity contribution in [3.05, 3.63) is 66.6 Å². The lowest BCUT2D eigenvalue weighted by Gasteiger charge is -2.05. The molecule has 0 spiro atoms. The number of hydrogen-bond acceptors (Lipinski definition) is 4. The van der Waals surface area contributed by atoms with Gasteiger partial charge < -0.3 is 0 Å². The molecule has 0 atom stereocenters. The van der Waals surface area contributed by atoms with Crippen molar-refractivity contribution in [3.8, 4) is 0 Å². The van der Waals surface area contributed by atoms with E-state index in [9.17, 15) is 9.59 Å². The van der Waals surface area contributed by atoms with Crippen LogP contribution in [0.2, 0.25) is 0 Å². The normalized spacial score (nSPS) is 11.6. The molecule has 0 aliphatic rings. The molecule has 3 aromatic heterocycles. The molecule has 1 aromatic carbocycles. The predicted molar refractivity (Wildman–Crippen MR) is 103 cm³/mol. The Labute approximate surface area is 155 Å². The predicted octanol–water partition coefficient (Wildman–Crippen LogP) is 3.09. The fourth-order valence-corrected chi connectivity index (χ4v) is 4.01. The van der Waals surface area contributed by atoms with Crippen LogP contribution in [-0.2, 0) is 13.1 Å². The molecule has 3 heterocycles. The number of rotatable bonds is 4. The van der Waals surface area contributed by atoms with Crippen LogP contribution in [0.5, 0.6) is 0 Å². The number of hydrogen-bond donors (Lipinski definition) is 0. The molecule has 0 aliphatic carbocycles. The molecule has 0 radical (unpaired) electrons. The molecule has 0 saturated carbocycles. The maximum Gasteiger partial charge on any atom is 0.352 e. The van der Waals surface area contributed by atoms with E-state index in [1.165, 1.54) is 16.0 Å². The van der Waals surface area contributed by atoms with Crippen LogP contribution >= 0.6 is 27.3 Å². The molecule has 0 amide bonds. The number of nitrogens with zero attached hydrogens (tertiary/aromatic N) is 4. The molecular formula is C17H15BrN4O2S. The van der Waals surface area contributed by atoms with Gasteiger partial charge in [0.15, 0.2) is 0 Å². The quantitative estimate of drug-likeness (QED) is 0.511. The van der Waals surface area contributed by atoms with Gasteiger partial charge in [-0.3, -0.25) is 9.36 Å². The Bertz CT molecular complexity index is 1180. The largest absolute Gasteiger partial charge is 0.352 e. The smallest absolute Gasteiger partial charge is 0.276 e. The van der Waals surface area contributed by atoms with E-state index in [-0.39, 0.29) is 11.2 Å². The van der Waals surface area contributed by atoms with Gasteiger partial charge in [0.1, 0.15) is 4.70 Å². The first-order valence-corrected chi connectivity index (χ1v) is 9.61. The Hall–Kier alpha value is -2.19.